The molecule has 1 aromatic carbocycles. The lowest BCUT2D eigenvalue weighted by atomic mass is 10.3. The van der Waals surface area contributed by atoms with Gasteiger partial charge in [0.2, 0.25) is 5.91 Å². The van der Waals surface area contributed by atoms with Gasteiger partial charge >= 0.3 is 0 Å². The largest absolute Gasteiger partial charge is 0.325 e. The smallest absolute Gasteiger partial charge is 0.242 e. The van der Waals surface area contributed by atoms with Gasteiger partial charge in [0, 0.05) is 15.3 Å². The van der Waals surface area contributed by atoms with Gasteiger partial charge in [-0.15, -0.1) is 11.8 Å². The first-order valence-electron chi connectivity index (χ1n) is 7.26. The van der Waals surface area contributed by atoms with Crippen LogP contribution in [0, 0.1) is 0 Å². The summed E-state index contributed by atoms with van der Waals surface area (Å²) in [5.41, 5.74) is 0.606. The van der Waals surface area contributed by atoms with E-state index in [4.69, 9.17) is 0 Å². The minimum atomic E-state index is -3.44. The Morgan fingerprint density at radius 1 is 1.09 bits per heavy atom. The number of anilines is 1. The maximum atomic E-state index is 12.1. The summed E-state index contributed by atoms with van der Waals surface area (Å²) in [6.07, 6.45) is 0. The predicted molar refractivity (Wildman–Crippen MR) is 94.2 cm³/mol. The summed E-state index contributed by atoms with van der Waals surface area (Å²) in [7, 11) is -3.44. The third-order valence-corrected chi connectivity index (χ3v) is 6.70. The number of sulfone groups is 1. The van der Waals surface area contributed by atoms with Crippen LogP contribution in [0.5, 0.6) is 0 Å². The number of carbonyl (C=O) groups excluding carboxylic acids is 1. The molecule has 1 amide bonds. The molecule has 1 aromatic rings. The van der Waals surface area contributed by atoms with Gasteiger partial charge in [0.15, 0.2) is 9.84 Å². The molecule has 0 aliphatic heterocycles. The molecule has 0 fully saturated rings. The van der Waals surface area contributed by atoms with Crippen LogP contribution in [0.3, 0.4) is 0 Å². The molecule has 1 rings (SSSR count). The van der Waals surface area contributed by atoms with Crippen molar-refractivity contribution in [2.45, 2.75) is 61.7 Å². The molecule has 0 aromatic heterocycles. The highest BCUT2D eigenvalue weighted by atomic mass is 32.2. The van der Waals surface area contributed by atoms with Crippen LogP contribution in [0.15, 0.2) is 29.2 Å². The van der Waals surface area contributed by atoms with Crippen molar-refractivity contribution in [2.75, 3.05) is 5.32 Å². The number of hydrogen-bond acceptors (Lipinski definition) is 4. The number of nitrogens with one attached hydrogen (secondary N) is 1. The van der Waals surface area contributed by atoms with E-state index in [1.54, 1.807) is 37.7 Å². The average Bonchev–Trinajstić information content (AvgIpc) is 2.38. The van der Waals surface area contributed by atoms with Crippen LogP contribution in [-0.2, 0) is 14.6 Å². The van der Waals surface area contributed by atoms with E-state index in [0.29, 0.717) is 5.69 Å². The fraction of sp³-hybridized carbons (Fsp3) is 0.562. The molecule has 22 heavy (non-hydrogen) atoms. The lowest BCUT2D eigenvalue weighted by molar-refractivity contribution is -0.115. The molecule has 0 aliphatic carbocycles. The van der Waals surface area contributed by atoms with E-state index in [2.05, 4.69) is 26.1 Å². The first kappa shape index (κ1) is 19.0. The molecule has 1 atom stereocenters. The minimum Gasteiger partial charge on any atom is -0.325 e. The molecule has 1 N–H and O–H groups in total. The second-order valence-corrected chi connectivity index (χ2v) is 11.2. The summed E-state index contributed by atoms with van der Waals surface area (Å²) in [6.45, 7) is 11.0. The fourth-order valence-corrected chi connectivity index (χ4v) is 3.91. The van der Waals surface area contributed by atoms with Crippen molar-refractivity contribution in [1.29, 1.82) is 0 Å². The number of hydrogen-bond donors (Lipinski definition) is 1. The first-order chi connectivity index (χ1) is 9.93. The Morgan fingerprint density at radius 2 is 1.59 bits per heavy atom. The van der Waals surface area contributed by atoms with Gasteiger partial charge in [0.05, 0.1) is 5.25 Å². The number of amides is 1. The molecule has 0 spiro atoms. The highest BCUT2D eigenvalue weighted by Gasteiger charge is 2.30. The fourth-order valence-electron chi connectivity index (χ4n) is 1.76. The molecule has 0 radical (unpaired) electrons. The molecule has 0 bridgehead atoms. The lowest BCUT2D eigenvalue weighted by Crippen LogP contribution is -2.36. The summed E-state index contributed by atoms with van der Waals surface area (Å²) >= 11 is 1.73. The number of rotatable bonds is 5. The highest BCUT2D eigenvalue weighted by molar-refractivity contribution is 8.00. The quantitative estimate of drug-likeness (QED) is 0.828. The second-order valence-electron chi connectivity index (χ2n) is 6.51. The van der Waals surface area contributed by atoms with Crippen LogP contribution in [0.25, 0.3) is 0 Å². The Bertz CT molecular complexity index is 614. The lowest BCUT2D eigenvalue weighted by Gasteiger charge is -2.18. The zero-order valence-corrected chi connectivity index (χ0v) is 15.6. The van der Waals surface area contributed by atoms with E-state index in [0.717, 1.165) is 4.90 Å². The van der Waals surface area contributed by atoms with Gasteiger partial charge in [-0.25, -0.2) is 8.42 Å². The van der Waals surface area contributed by atoms with Crippen LogP contribution in [-0.4, -0.2) is 29.6 Å². The van der Waals surface area contributed by atoms with Crippen molar-refractivity contribution in [1.82, 2.24) is 0 Å². The Kier molecular flexibility index (Phi) is 6.10. The van der Waals surface area contributed by atoms with E-state index in [1.165, 1.54) is 6.92 Å². The molecule has 0 unspecified atom stereocenters. The molecule has 0 heterocycles. The standard InChI is InChI=1S/C16H25NO3S2/c1-11(2)22(19,20)12(3)15(18)17-13-7-9-14(10-8-13)21-16(4,5)6/h7-12H,1-6H3,(H,17,18)/t12-/m1/s1. The van der Waals surface area contributed by atoms with E-state index in [-0.39, 0.29) is 4.75 Å². The van der Waals surface area contributed by atoms with Crippen LogP contribution in [0.1, 0.15) is 41.5 Å². The van der Waals surface area contributed by atoms with E-state index in [9.17, 15) is 13.2 Å². The van der Waals surface area contributed by atoms with Gasteiger partial charge in [-0.05, 0) is 45.0 Å². The van der Waals surface area contributed by atoms with Crippen LogP contribution < -0.4 is 5.32 Å². The van der Waals surface area contributed by atoms with Crippen molar-refractivity contribution in [3.05, 3.63) is 24.3 Å². The summed E-state index contributed by atoms with van der Waals surface area (Å²) in [5, 5.41) is 1.04. The summed E-state index contributed by atoms with van der Waals surface area (Å²) in [5.74, 6) is -0.495. The van der Waals surface area contributed by atoms with Gasteiger partial charge in [0.25, 0.3) is 0 Å². The normalized spacial score (nSPS) is 14.0. The number of thioether (sulfide) groups is 1. The molecular weight excluding hydrogens is 318 g/mol. The van der Waals surface area contributed by atoms with Crippen molar-refractivity contribution in [2.24, 2.45) is 0 Å². The van der Waals surface area contributed by atoms with E-state index >= 15 is 0 Å². The zero-order valence-electron chi connectivity index (χ0n) is 14.0. The Labute approximate surface area is 138 Å². The van der Waals surface area contributed by atoms with Crippen molar-refractivity contribution < 1.29 is 13.2 Å². The highest BCUT2D eigenvalue weighted by Crippen LogP contribution is 2.32. The molecule has 124 valence electrons. The predicted octanol–water partition coefficient (Wildman–Crippen LogP) is 3.73. The Balaban J connectivity index is 2.78. The monoisotopic (exact) mass is 343 g/mol. The number of benzene rings is 1. The first-order valence-corrected chi connectivity index (χ1v) is 9.69. The van der Waals surface area contributed by atoms with Gasteiger partial charge in [-0.2, -0.15) is 0 Å². The van der Waals surface area contributed by atoms with E-state index < -0.39 is 26.2 Å². The zero-order chi connectivity index (χ0) is 17.1. The second kappa shape index (κ2) is 7.04. The molecule has 4 nitrogen and oxygen atoms in total. The molecule has 0 aliphatic rings. The molecule has 6 heteroatoms. The van der Waals surface area contributed by atoms with Gasteiger partial charge in [-0.3, -0.25) is 4.79 Å². The molecule has 0 saturated heterocycles. The van der Waals surface area contributed by atoms with Crippen LogP contribution in [0.4, 0.5) is 5.69 Å². The summed E-state index contributed by atoms with van der Waals surface area (Å²) < 4.78 is 24.1. The summed E-state index contributed by atoms with van der Waals surface area (Å²) in [6, 6.07) is 7.43. The third-order valence-electron chi connectivity index (χ3n) is 3.06. The molecular formula is C16H25NO3S2. The van der Waals surface area contributed by atoms with Crippen molar-refractivity contribution >= 4 is 33.2 Å². The van der Waals surface area contributed by atoms with Crippen molar-refractivity contribution in [3.8, 4) is 0 Å². The van der Waals surface area contributed by atoms with E-state index in [1.807, 2.05) is 12.1 Å². The average molecular weight is 344 g/mol. The maximum absolute atomic E-state index is 12.1. The van der Waals surface area contributed by atoms with Gasteiger partial charge < -0.3 is 5.32 Å². The van der Waals surface area contributed by atoms with Gasteiger partial charge in [-0.1, -0.05) is 20.8 Å². The molecule has 0 saturated carbocycles. The SMILES string of the molecule is CC(C)S(=O)(=O)[C@H](C)C(=O)Nc1ccc(SC(C)(C)C)cc1. The van der Waals surface area contributed by atoms with Gasteiger partial charge in [0.1, 0.15) is 5.25 Å². The third kappa shape index (κ3) is 5.32. The Hall–Kier alpha value is -1.01. The van der Waals surface area contributed by atoms with Crippen LogP contribution >= 0.6 is 11.8 Å². The van der Waals surface area contributed by atoms with Crippen LogP contribution in [0.2, 0.25) is 0 Å². The Morgan fingerprint density at radius 3 is 2.00 bits per heavy atom. The number of carbonyl (C=O) groups is 1. The maximum Gasteiger partial charge on any atom is 0.242 e. The summed E-state index contributed by atoms with van der Waals surface area (Å²) in [4.78, 5) is 13.2. The minimum absolute atomic E-state index is 0.116. The van der Waals surface area contributed by atoms with Crippen molar-refractivity contribution in [3.63, 3.8) is 0 Å². The topological polar surface area (TPSA) is 63.2 Å².